The molecular formula is C15H24O. The Kier molecular flexibility index (Phi) is 4.98. The van der Waals surface area contributed by atoms with E-state index in [-0.39, 0.29) is 5.78 Å². The van der Waals surface area contributed by atoms with E-state index in [1.807, 2.05) is 6.08 Å². The molecule has 16 heavy (non-hydrogen) atoms. The van der Waals surface area contributed by atoms with Crippen LogP contribution in [-0.4, -0.2) is 5.78 Å². The van der Waals surface area contributed by atoms with Crippen molar-refractivity contribution >= 4 is 5.78 Å². The second kappa shape index (κ2) is 6.03. The highest BCUT2D eigenvalue weighted by Gasteiger charge is 2.22. The van der Waals surface area contributed by atoms with Crippen molar-refractivity contribution in [1.29, 1.82) is 0 Å². The van der Waals surface area contributed by atoms with E-state index in [9.17, 15) is 4.79 Å². The van der Waals surface area contributed by atoms with Gasteiger partial charge in [0.15, 0.2) is 5.78 Å². The lowest BCUT2D eigenvalue weighted by atomic mass is 9.76. The van der Waals surface area contributed by atoms with Crippen molar-refractivity contribution in [2.75, 3.05) is 0 Å². The fourth-order valence-corrected chi connectivity index (χ4v) is 2.10. The van der Waals surface area contributed by atoms with Crippen LogP contribution >= 0.6 is 0 Å². The lowest BCUT2D eigenvalue weighted by Gasteiger charge is -2.29. The summed E-state index contributed by atoms with van der Waals surface area (Å²) in [5.41, 5.74) is 0.357. The first-order valence-electron chi connectivity index (χ1n) is 6.34. The van der Waals surface area contributed by atoms with Crippen molar-refractivity contribution in [3.8, 4) is 0 Å². The summed E-state index contributed by atoms with van der Waals surface area (Å²) in [7, 11) is 0. The molecule has 0 bridgehead atoms. The minimum absolute atomic E-state index is 0.263. The smallest absolute Gasteiger partial charge is 0.155 e. The van der Waals surface area contributed by atoms with Crippen LogP contribution in [0.1, 0.15) is 52.9 Å². The molecule has 0 aromatic carbocycles. The predicted molar refractivity (Wildman–Crippen MR) is 69.3 cm³/mol. The number of ketones is 1. The highest BCUT2D eigenvalue weighted by atomic mass is 16.1. The van der Waals surface area contributed by atoms with Gasteiger partial charge in [-0.15, -0.1) is 0 Å². The van der Waals surface area contributed by atoms with Gasteiger partial charge >= 0.3 is 0 Å². The molecule has 0 aromatic heterocycles. The van der Waals surface area contributed by atoms with Crippen molar-refractivity contribution < 1.29 is 4.79 Å². The molecule has 1 aliphatic carbocycles. The van der Waals surface area contributed by atoms with E-state index >= 15 is 0 Å². The molecule has 1 atom stereocenters. The van der Waals surface area contributed by atoms with E-state index < -0.39 is 0 Å². The molecule has 90 valence electrons. The molecular weight excluding hydrogens is 196 g/mol. The third-order valence-electron chi connectivity index (χ3n) is 3.35. The van der Waals surface area contributed by atoms with Gasteiger partial charge in [0.2, 0.25) is 0 Å². The van der Waals surface area contributed by atoms with Crippen LogP contribution in [0.4, 0.5) is 0 Å². The third-order valence-corrected chi connectivity index (χ3v) is 3.35. The van der Waals surface area contributed by atoms with E-state index in [4.69, 9.17) is 0 Å². The SMILES string of the molecule is CC(C)(C)C1C/C=C/CCC(=O)/C=C/CC1. The highest BCUT2D eigenvalue weighted by Crippen LogP contribution is 2.33. The van der Waals surface area contributed by atoms with Gasteiger partial charge in [0.05, 0.1) is 0 Å². The molecule has 1 heteroatoms. The van der Waals surface area contributed by atoms with E-state index in [0.29, 0.717) is 17.8 Å². The van der Waals surface area contributed by atoms with Crippen molar-refractivity contribution in [2.45, 2.75) is 52.9 Å². The number of rotatable bonds is 0. The molecule has 0 aliphatic heterocycles. The Labute approximate surface area is 99.6 Å². The molecule has 1 unspecified atom stereocenters. The van der Waals surface area contributed by atoms with Crippen molar-refractivity contribution in [1.82, 2.24) is 0 Å². The fourth-order valence-electron chi connectivity index (χ4n) is 2.10. The molecule has 0 N–H and O–H groups in total. The quantitative estimate of drug-likeness (QED) is 0.556. The average Bonchev–Trinajstić information content (AvgIpc) is 2.22. The molecule has 0 saturated carbocycles. The molecule has 0 fully saturated rings. The Balaban J connectivity index is 2.65. The summed E-state index contributed by atoms with van der Waals surface area (Å²) in [6, 6.07) is 0. The van der Waals surface area contributed by atoms with Crippen LogP contribution < -0.4 is 0 Å². The van der Waals surface area contributed by atoms with E-state index in [2.05, 4.69) is 32.9 Å². The topological polar surface area (TPSA) is 17.1 Å². The third kappa shape index (κ3) is 4.78. The maximum atomic E-state index is 11.4. The molecule has 0 radical (unpaired) electrons. The van der Waals surface area contributed by atoms with Gasteiger partial charge in [-0.2, -0.15) is 0 Å². The number of hydrogen-bond acceptors (Lipinski definition) is 1. The Morgan fingerprint density at radius 3 is 2.56 bits per heavy atom. The van der Waals surface area contributed by atoms with Crippen LogP contribution in [0.25, 0.3) is 0 Å². The summed E-state index contributed by atoms with van der Waals surface area (Å²) in [5, 5.41) is 0. The summed E-state index contributed by atoms with van der Waals surface area (Å²) in [6.07, 6.45) is 13.1. The monoisotopic (exact) mass is 220 g/mol. The van der Waals surface area contributed by atoms with Gasteiger partial charge < -0.3 is 0 Å². The van der Waals surface area contributed by atoms with Crippen LogP contribution in [0.15, 0.2) is 24.3 Å². The number of carbonyl (C=O) groups is 1. The van der Waals surface area contributed by atoms with Crippen molar-refractivity contribution in [2.24, 2.45) is 11.3 Å². The van der Waals surface area contributed by atoms with Gasteiger partial charge in [-0.1, -0.05) is 39.0 Å². The van der Waals surface area contributed by atoms with Crippen LogP contribution in [0, 0.1) is 11.3 Å². The van der Waals surface area contributed by atoms with E-state index in [0.717, 1.165) is 19.3 Å². The molecule has 0 saturated heterocycles. The summed E-state index contributed by atoms with van der Waals surface area (Å²) in [6.45, 7) is 6.92. The first kappa shape index (κ1) is 13.2. The maximum absolute atomic E-state index is 11.4. The van der Waals surface area contributed by atoms with E-state index in [1.165, 1.54) is 6.42 Å². The van der Waals surface area contributed by atoms with Gasteiger partial charge in [0.1, 0.15) is 0 Å². The maximum Gasteiger partial charge on any atom is 0.155 e. The van der Waals surface area contributed by atoms with E-state index in [1.54, 1.807) is 6.08 Å². The van der Waals surface area contributed by atoms with Gasteiger partial charge in [-0.05, 0) is 43.1 Å². The fraction of sp³-hybridized carbons (Fsp3) is 0.667. The largest absolute Gasteiger partial charge is 0.295 e. The highest BCUT2D eigenvalue weighted by molar-refractivity contribution is 5.89. The molecule has 1 rings (SSSR count). The van der Waals surface area contributed by atoms with Crippen LogP contribution in [0.2, 0.25) is 0 Å². The number of allylic oxidation sites excluding steroid dienone is 4. The Bertz CT molecular complexity index is 278. The molecule has 0 heterocycles. The zero-order chi connectivity index (χ0) is 12.0. The minimum Gasteiger partial charge on any atom is -0.295 e. The zero-order valence-electron chi connectivity index (χ0n) is 10.8. The summed E-state index contributed by atoms with van der Waals surface area (Å²) in [4.78, 5) is 11.4. The van der Waals surface area contributed by atoms with Gasteiger partial charge in [0.25, 0.3) is 0 Å². The molecule has 1 aliphatic rings. The van der Waals surface area contributed by atoms with Crippen molar-refractivity contribution in [3.63, 3.8) is 0 Å². The molecule has 0 aromatic rings. The molecule has 1 nitrogen and oxygen atoms in total. The predicted octanol–water partition coefficient (Wildman–Crippen LogP) is 4.29. The molecule has 0 amide bonds. The van der Waals surface area contributed by atoms with Gasteiger partial charge in [0, 0.05) is 6.42 Å². The summed E-state index contributed by atoms with van der Waals surface area (Å²) in [5.74, 6) is 0.973. The normalized spacial score (nSPS) is 28.2. The average molecular weight is 220 g/mol. The van der Waals surface area contributed by atoms with Gasteiger partial charge in [-0.3, -0.25) is 4.79 Å². The Morgan fingerprint density at radius 2 is 1.88 bits per heavy atom. The lowest BCUT2D eigenvalue weighted by Crippen LogP contribution is -2.19. The molecule has 0 spiro atoms. The lowest BCUT2D eigenvalue weighted by molar-refractivity contribution is -0.114. The second-order valence-corrected chi connectivity index (χ2v) is 5.75. The number of hydrogen-bond donors (Lipinski definition) is 0. The van der Waals surface area contributed by atoms with Crippen LogP contribution in [-0.2, 0) is 4.79 Å². The van der Waals surface area contributed by atoms with Crippen LogP contribution in [0.3, 0.4) is 0 Å². The first-order chi connectivity index (χ1) is 7.50. The summed E-state index contributed by atoms with van der Waals surface area (Å²) < 4.78 is 0. The number of carbonyl (C=O) groups excluding carboxylic acids is 1. The first-order valence-corrected chi connectivity index (χ1v) is 6.34. The second-order valence-electron chi connectivity index (χ2n) is 5.75. The summed E-state index contributed by atoms with van der Waals surface area (Å²) >= 11 is 0. The minimum atomic E-state index is 0.263. The van der Waals surface area contributed by atoms with Crippen molar-refractivity contribution in [3.05, 3.63) is 24.3 Å². The van der Waals surface area contributed by atoms with Crippen LogP contribution in [0.5, 0.6) is 0 Å². The Morgan fingerprint density at radius 1 is 1.12 bits per heavy atom. The Hall–Kier alpha value is -0.850. The zero-order valence-corrected chi connectivity index (χ0v) is 10.8. The van der Waals surface area contributed by atoms with Gasteiger partial charge in [-0.25, -0.2) is 0 Å². The standard InChI is InChI=1S/C15H24O/c1-15(2,3)13-9-5-4-6-11-14(16)12-8-7-10-13/h4-5,8,12-13H,6-7,9-11H2,1-3H3/b5-4+,12-8+.